The largest absolute Gasteiger partial charge is 0.257 e. The van der Waals surface area contributed by atoms with Crippen LogP contribution in [0.25, 0.3) is 0 Å². The molecule has 0 aliphatic heterocycles. The summed E-state index contributed by atoms with van der Waals surface area (Å²) in [6, 6.07) is 4.22. The van der Waals surface area contributed by atoms with E-state index < -0.39 is 29.9 Å². The van der Waals surface area contributed by atoms with E-state index in [1.165, 1.54) is 20.2 Å². The Morgan fingerprint density at radius 2 is 1.19 bits per heavy atom. The Morgan fingerprint density at radius 3 is 1.58 bits per heavy atom. The van der Waals surface area contributed by atoms with E-state index in [-0.39, 0.29) is 29.8 Å². The lowest BCUT2D eigenvalue weighted by molar-refractivity contribution is 0.595. The van der Waals surface area contributed by atoms with Gasteiger partial charge in [0.2, 0.25) is 20.0 Å². The van der Waals surface area contributed by atoms with Crippen LogP contribution in [0.1, 0.15) is 13.1 Å². The molecule has 2 rings (SSSR count). The fourth-order valence-electron chi connectivity index (χ4n) is 1.63. The summed E-state index contributed by atoms with van der Waals surface area (Å²) in [7, 11) is -7.65. The van der Waals surface area contributed by atoms with Gasteiger partial charge in [-0.05, 0) is 0 Å². The van der Waals surface area contributed by atoms with E-state index in [9.17, 15) is 25.3 Å². The van der Waals surface area contributed by atoms with E-state index >= 15 is 0 Å². The summed E-state index contributed by atoms with van der Waals surface area (Å²) < 4.78 is 68.9. The molecule has 0 radical (unpaired) electrons. The van der Waals surface area contributed by atoms with Crippen LogP contribution in [0.2, 0.25) is 0 Å². The molecular weight excluding hydrogens is 470 g/mol. The van der Waals surface area contributed by atoms with Gasteiger partial charge in [0, 0.05) is 32.5 Å². The Hall–Kier alpha value is -2.90. The molecule has 0 spiro atoms. The molecule has 13 nitrogen and oxygen atoms in total. The number of nitriles is 1. The van der Waals surface area contributed by atoms with Gasteiger partial charge in [0.1, 0.15) is 36.1 Å². The predicted octanol–water partition coefficient (Wildman–Crippen LogP) is -0.344. The van der Waals surface area contributed by atoms with Crippen molar-refractivity contribution in [2.24, 2.45) is 0 Å². The van der Waals surface area contributed by atoms with Crippen LogP contribution in [0, 0.1) is 11.3 Å². The van der Waals surface area contributed by atoms with Gasteiger partial charge >= 0.3 is 0 Å². The third kappa shape index (κ3) is 8.39. The topological polar surface area (TPSA) is 184 Å². The lowest BCUT2D eigenvalue weighted by Gasteiger charge is -2.15. The molecule has 0 aliphatic rings. The first-order valence-electron chi connectivity index (χ1n) is 7.69. The van der Waals surface area contributed by atoms with E-state index in [2.05, 4.69) is 19.9 Å². The Balaban J connectivity index is 0.000000567. The number of sulfone groups is 1. The van der Waals surface area contributed by atoms with Gasteiger partial charge in [-0.25, -0.2) is 45.2 Å². The molecule has 0 aliphatic carbocycles. The van der Waals surface area contributed by atoms with Crippen LogP contribution in [-0.2, 0) is 29.9 Å². The second-order valence-electron chi connectivity index (χ2n) is 5.82. The Labute approximate surface area is 182 Å². The van der Waals surface area contributed by atoms with E-state index in [1.807, 2.05) is 0 Å². The van der Waals surface area contributed by atoms with Crippen molar-refractivity contribution in [3.63, 3.8) is 0 Å². The van der Waals surface area contributed by atoms with Crippen LogP contribution in [0.5, 0.6) is 0 Å². The van der Waals surface area contributed by atoms with Crippen molar-refractivity contribution in [3.05, 3.63) is 30.5 Å². The van der Waals surface area contributed by atoms with Crippen LogP contribution >= 0.6 is 0 Å². The smallest absolute Gasteiger partial charge is 0.233 e. The summed E-state index contributed by atoms with van der Waals surface area (Å²) >= 11 is 0. The molecule has 172 valence electrons. The van der Waals surface area contributed by atoms with Crippen molar-refractivity contribution in [1.29, 1.82) is 5.26 Å². The second kappa shape index (κ2) is 10.4. The van der Waals surface area contributed by atoms with Crippen molar-refractivity contribution in [3.8, 4) is 6.07 Å². The first kappa shape index (κ1) is 28.1. The highest BCUT2D eigenvalue weighted by Gasteiger charge is 2.17. The summed E-state index contributed by atoms with van der Waals surface area (Å²) in [5, 5.41) is 8.32. The first-order chi connectivity index (χ1) is 13.6. The summed E-state index contributed by atoms with van der Waals surface area (Å²) in [6.07, 6.45) is 5.19. The highest BCUT2D eigenvalue weighted by atomic mass is 32.2. The predicted molar refractivity (Wildman–Crippen MR) is 115 cm³/mol. The number of rotatable bonds is 5. The SMILES string of the molecule is C.CN(c1cc(C#N)ncn1)S(C)(=O)=O.CN(c1cc(S(C)(=O)=O)ncn1)S(C)(=O)=O. The summed E-state index contributed by atoms with van der Waals surface area (Å²) in [5.74, 6) is 0.192. The Morgan fingerprint density at radius 1 is 0.774 bits per heavy atom. The molecule has 0 amide bonds. The number of nitrogens with zero attached hydrogens (tertiary/aromatic N) is 7. The lowest BCUT2D eigenvalue weighted by Crippen LogP contribution is -2.26. The van der Waals surface area contributed by atoms with Gasteiger partial charge in [-0.15, -0.1) is 0 Å². The van der Waals surface area contributed by atoms with Gasteiger partial charge in [0.05, 0.1) is 12.5 Å². The van der Waals surface area contributed by atoms with Crippen molar-refractivity contribution in [2.75, 3.05) is 41.5 Å². The molecule has 0 fully saturated rings. The van der Waals surface area contributed by atoms with Crippen LogP contribution < -0.4 is 8.61 Å². The zero-order valence-corrected chi connectivity index (χ0v) is 19.1. The van der Waals surface area contributed by atoms with Crippen LogP contribution in [0.15, 0.2) is 29.8 Å². The molecule has 0 saturated heterocycles. The number of aromatic nitrogens is 4. The normalized spacial score (nSPS) is 11.2. The number of sulfonamides is 2. The zero-order valence-electron chi connectivity index (χ0n) is 16.6. The van der Waals surface area contributed by atoms with E-state index in [0.717, 1.165) is 46.1 Å². The summed E-state index contributed by atoms with van der Waals surface area (Å²) in [5.41, 5.74) is 0.130. The molecule has 2 aromatic rings. The number of hydrogen-bond acceptors (Lipinski definition) is 11. The Kier molecular flexibility index (Phi) is 9.44. The van der Waals surface area contributed by atoms with Gasteiger partial charge in [-0.1, -0.05) is 7.43 Å². The van der Waals surface area contributed by atoms with Gasteiger partial charge in [-0.3, -0.25) is 8.61 Å². The third-order valence-electron chi connectivity index (χ3n) is 3.41. The van der Waals surface area contributed by atoms with Crippen molar-refractivity contribution < 1.29 is 25.3 Å². The summed E-state index contributed by atoms with van der Waals surface area (Å²) in [4.78, 5) is 14.6. The molecule has 16 heteroatoms. The molecule has 2 aromatic heterocycles. The molecule has 0 N–H and O–H groups in total. The standard InChI is InChI=1S/C7H8N4O2S.C7H11N3O4S2.CH4/c1-11(14(2,12)13)7-3-6(4-8)9-5-10-7;1-10(16(3,13)14)6-4-7(9-5-8-6)15(2,11)12;/h3,5H,1-2H3;4-5H,1-3H3;1H4. The van der Waals surface area contributed by atoms with Crippen molar-refractivity contribution in [2.45, 2.75) is 12.5 Å². The van der Waals surface area contributed by atoms with Gasteiger partial charge in [-0.2, -0.15) is 5.26 Å². The van der Waals surface area contributed by atoms with Crippen LogP contribution in [-0.4, -0.2) is 78.1 Å². The molecule has 0 unspecified atom stereocenters. The third-order valence-corrected chi connectivity index (χ3v) is 6.76. The monoisotopic (exact) mass is 493 g/mol. The van der Waals surface area contributed by atoms with Crippen LogP contribution in [0.4, 0.5) is 11.6 Å². The minimum absolute atomic E-state index is 0. The van der Waals surface area contributed by atoms with Crippen molar-refractivity contribution >= 4 is 41.5 Å². The maximum Gasteiger partial charge on any atom is 0.233 e. The number of anilines is 2. The maximum atomic E-state index is 11.2. The fraction of sp³-hybridized carbons (Fsp3) is 0.400. The van der Waals surface area contributed by atoms with E-state index in [0.29, 0.717) is 0 Å². The molecular formula is C15H23N7O6S3. The van der Waals surface area contributed by atoms with Crippen LogP contribution in [0.3, 0.4) is 0 Å². The highest BCUT2D eigenvalue weighted by molar-refractivity contribution is 7.92. The number of hydrogen-bond donors (Lipinski definition) is 0. The molecule has 2 heterocycles. The average molecular weight is 494 g/mol. The van der Waals surface area contributed by atoms with Gasteiger partial charge < -0.3 is 0 Å². The van der Waals surface area contributed by atoms with E-state index in [1.54, 1.807) is 6.07 Å². The first-order valence-corrected chi connectivity index (χ1v) is 13.3. The minimum Gasteiger partial charge on any atom is -0.257 e. The molecule has 0 saturated carbocycles. The summed E-state index contributed by atoms with van der Waals surface area (Å²) in [6.45, 7) is 0. The molecule has 0 atom stereocenters. The van der Waals surface area contributed by atoms with Crippen molar-refractivity contribution in [1.82, 2.24) is 19.9 Å². The molecule has 0 aromatic carbocycles. The van der Waals surface area contributed by atoms with Gasteiger partial charge in [0.25, 0.3) is 0 Å². The molecule has 31 heavy (non-hydrogen) atoms. The minimum atomic E-state index is -3.48. The average Bonchev–Trinajstić information content (AvgIpc) is 2.65. The molecule has 0 bridgehead atoms. The van der Waals surface area contributed by atoms with Gasteiger partial charge in [0.15, 0.2) is 14.9 Å². The quantitative estimate of drug-likeness (QED) is 0.496. The highest BCUT2D eigenvalue weighted by Crippen LogP contribution is 2.15. The Bertz CT molecular complexity index is 1270. The maximum absolute atomic E-state index is 11.2. The lowest BCUT2D eigenvalue weighted by atomic mass is 10.4. The fourth-order valence-corrected chi connectivity index (χ4v) is 3.06. The second-order valence-corrected chi connectivity index (χ2v) is 11.8. The zero-order chi connectivity index (χ0) is 23.3. The van der Waals surface area contributed by atoms with E-state index in [4.69, 9.17) is 5.26 Å².